The predicted octanol–water partition coefficient (Wildman–Crippen LogP) is 3.51. The van der Waals surface area contributed by atoms with Gasteiger partial charge < -0.3 is 10.3 Å². The lowest BCUT2D eigenvalue weighted by molar-refractivity contribution is -0.136. The molecule has 0 aliphatic rings. The fourth-order valence-corrected chi connectivity index (χ4v) is 2.63. The summed E-state index contributed by atoms with van der Waals surface area (Å²) in [4.78, 5) is 15.4. The topological polar surface area (TPSA) is 82.8 Å². The Labute approximate surface area is 124 Å². The number of aromatic nitrogens is 1. The van der Waals surface area contributed by atoms with Gasteiger partial charge in [-0.2, -0.15) is 0 Å². The Morgan fingerprint density at radius 1 is 1.30 bits per heavy atom. The number of oxime groups is 1. The molecule has 2 N–H and O–H groups in total. The summed E-state index contributed by atoms with van der Waals surface area (Å²) in [7, 11) is 0. The zero-order valence-electron chi connectivity index (χ0n) is 10.3. The van der Waals surface area contributed by atoms with Crippen molar-refractivity contribution in [1.29, 1.82) is 0 Å². The first-order chi connectivity index (χ1) is 9.60. The van der Waals surface area contributed by atoms with E-state index in [-0.39, 0.29) is 12.8 Å². The predicted molar refractivity (Wildman–Crippen MR) is 77.8 cm³/mol. The van der Waals surface area contributed by atoms with Crippen LogP contribution < -0.4 is 0 Å². The van der Waals surface area contributed by atoms with Crippen LogP contribution in [0.15, 0.2) is 35.6 Å². The van der Waals surface area contributed by atoms with E-state index in [2.05, 4.69) is 10.1 Å². The Morgan fingerprint density at radius 3 is 2.50 bits per heavy atom. The van der Waals surface area contributed by atoms with E-state index >= 15 is 0 Å². The molecule has 20 heavy (non-hydrogen) atoms. The maximum Gasteiger partial charge on any atom is 0.303 e. The lowest BCUT2D eigenvalue weighted by Crippen LogP contribution is -2.05. The standard InChI is InChI=1S/C13H11ClN2O3S/c14-13-15-7-11(20-13)9-3-1-8(2-4-9)10(16-19)5-6-12(17)18/h1-4,7,19H,5-6H2,(H,17,18)/b16-10+. The second-order valence-corrected chi connectivity index (χ2v) is 5.61. The van der Waals surface area contributed by atoms with Crippen LogP contribution in [0.2, 0.25) is 4.47 Å². The van der Waals surface area contributed by atoms with Gasteiger partial charge in [0.1, 0.15) is 0 Å². The van der Waals surface area contributed by atoms with E-state index in [0.717, 1.165) is 10.4 Å². The maximum absolute atomic E-state index is 10.5. The van der Waals surface area contributed by atoms with E-state index in [1.165, 1.54) is 11.3 Å². The minimum Gasteiger partial charge on any atom is -0.481 e. The lowest BCUT2D eigenvalue weighted by atomic mass is 10.0. The van der Waals surface area contributed by atoms with Gasteiger partial charge in [0, 0.05) is 12.6 Å². The van der Waals surface area contributed by atoms with Crippen molar-refractivity contribution in [3.63, 3.8) is 0 Å². The molecule has 104 valence electrons. The van der Waals surface area contributed by atoms with Gasteiger partial charge in [-0.05, 0) is 11.1 Å². The first-order valence-corrected chi connectivity index (χ1v) is 6.94. The van der Waals surface area contributed by atoms with Crippen molar-refractivity contribution < 1.29 is 15.1 Å². The highest BCUT2D eigenvalue weighted by atomic mass is 35.5. The number of carbonyl (C=O) groups is 1. The quantitative estimate of drug-likeness (QED) is 0.503. The van der Waals surface area contributed by atoms with Crippen LogP contribution in [0, 0.1) is 0 Å². The third-order valence-corrected chi connectivity index (χ3v) is 3.84. The van der Waals surface area contributed by atoms with E-state index in [4.69, 9.17) is 21.9 Å². The molecule has 0 saturated heterocycles. The van der Waals surface area contributed by atoms with Gasteiger partial charge >= 0.3 is 5.97 Å². The third-order valence-electron chi connectivity index (χ3n) is 2.68. The van der Waals surface area contributed by atoms with E-state index in [9.17, 15) is 4.79 Å². The molecule has 0 fully saturated rings. The van der Waals surface area contributed by atoms with Gasteiger partial charge in [-0.1, -0.05) is 41.0 Å². The zero-order chi connectivity index (χ0) is 14.5. The SMILES string of the molecule is O=C(O)CC/C(=N\O)c1ccc(-c2cnc(Cl)s2)cc1. The van der Waals surface area contributed by atoms with E-state index in [0.29, 0.717) is 15.7 Å². The van der Waals surface area contributed by atoms with Crippen molar-refractivity contribution in [3.05, 3.63) is 40.5 Å². The number of hydrogen-bond donors (Lipinski definition) is 2. The molecule has 0 radical (unpaired) electrons. The summed E-state index contributed by atoms with van der Waals surface area (Å²) in [5.41, 5.74) is 1.99. The van der Waals surface area contributed by atoms with Crippen molar-refractivity contribution in [2.24, 2.45) is 5.16 Å². The first kappa shape index (κ1) is 14.5. The number of halogens is 1. The molecule has 2 aromatic rings. The van der Waals surface area contributed by atoms with Crippen LogP contribution in [-0.4, -0.2) is 27.0 Å². The Hall–Kier alpha value is -1.92. The second kappa shape index (κ2) is 6.49. The summed E-state index contributed by atoms with van der Waals surface area (Å²) in [6.07, 6.45) is 1.79. The molecule has 5 nitrogen and oxygen atoms in total. The molecular formula is C13H11ClN2O3S. The molecule has 1 aromatic heterocycles. The van der Waals surface area contributed by atoms with Crippen molar-refractivity contribution in [2.75, 3.05) is 0 Å². The average molecular weight is 311 g/mol. The molecule has 1 heterocycles. The fourth-order valence-electron chi connectivity index (χ4n) is 1.69. The van der Waals surface area contributed by atoms with Crippen LogP contribution in [0.3, 0.4) is 0 Å². The third kappa shape index (κ3) is 3.55. The van der Waals surface area contributed by atoms with E-state index < -0.39 is 5.97 Å². The minimum atomic E-state index is -0.929. The molecule has 0 spiro atoms. The number of hydrogen-bond acceptors (Lipinski definition) is 5. The molecule has 0 aliphatic carbocycles. The van der Waals surface area contributed by atoms with Gasteiger partial charge in [-0.3, -0.25) is 4.79 Å². The summed E-state index contributed by atoms with van der Waals surface area (Å²) >= 11 is 7.16. The molecular weight excluding hydrogens is 300 g/mol. The number of carboxylic acids is 1. The van der Waals surface area contributed by atoms with Gasteiger partial charge in [-0.25, -0.2) is 4.98 Å². The molecule has 0 amide bonds. The normalized spacial score (nSPS) is 11.6. The number of benzene rings is 1. The zero-order valence-corrected chi connectivity index (χ0v) is 11.9. The molecule has 0 bridgehead atoms. The first-order valence-electron chi connectivity index (χ1n) is 5.75. The van der Waals surface area contributed by atoms with Gasteiger partial charge in [0.2, 0.25) is 0 Å². The Morgan fingerprint density at radius 2 is 2.00 bits per heavy atom. The monoisotopic (exact) mass is 310 g/mol. The highest BCUT2D eigenvalue weighted by molar-refractivity contribution is 7.18. The number of carboxylic acid groups (broad SMARTS) is 1. The molecule has 0 aliphatic heterocycles. The van der Waals surface area contributed by atoms with Crippen LogP contribution in [0.25, 0.3) is 10.4 Å². The van der Waals surface area contributed by atoms with Crippen molar-refractivity contribution in [1.82, 2.24) is 4.98 Å². The summed E-state index contributed by atoms with van der Waals surface area (Å²) in [5.74, 6) is -0.929. The Bertz CT molecular complexity index is 637. The number of aliphatic carboxylic acids is 1. The maximum atomic E-state index is 10.5. The van der Waals surface area contributed by atoms with Crippen molar-refractivity contribution >= 4 is 34.6 Å². The van der Waals surface area contributed by atoms with Gasteiger partial charge in [0.05, 0.1) is 17.0 Å². The van der Waals surface area contributed by atoms with Crippen LogP contribution in [0.5, 0.6) is 0 Å². The Balaban J connectivity index is 2.16. The second-order valence-electron chi connectivity index (χ2n) is 4.00. The molecule has 2 rings (SSSR count). The van der Waals surface area contributed by atoms with E-state index in [1.807, 2.05) is 12.1 Å². The molecule has 0 unspecified atom stereocenters. The van der Waals surface area contributed by atoms with E-state index in [1.54, 1.807) is 18.3 Å². The Kier molecular flexibility index (Phi) is 4.70. The van der Waals surface area contributed by atoms with Crippen molar-refractivity contribution in [3.8, 4) is 10.4 Å². The lowest BCUT2D eigenvalue weighted by Gasteiger charge is -2.04. The van der Waals surface area contributed by atoms with Crippen LogP contribution >= 0.6 is 22.9 Å². The van der Waals surface area contributed by atoms with Crippen molar-refractivity contribution in [2.45, 2.75) is 12.8 Å². The number of thiazole rings is 1. The average Bonchev–Trinajstić information content (AvgIpc) is 2.86. The number of nitrogens with zero attached hydrogens (tertiary/aromatic N) is 2. The smallest absolute Gasteiger partial charge is 0.303 e. The highest BCUT2D eigenvalue weighted by Gasteiger charge is 2.09. The summed E-state index contributed by atoms with van der Waals surface area (Å²) < 4.78 is 0.475. The summed E-state index contributed by atoms with van der Waals surface area (Å²) in [6, 6.07) is 7.26. The minimum absolute atomic E-state index is 0.0778. The summed E-state index contributed by atoms with van der Waals surface area (Å²) in [5, 5.41) is 20.8. The summed E-state index contributed by atoms with van der Waals surface area (Å²) in [6.45, 7) is 0. The van der Waals surface area contributed by atoms with Gasteiger partial charge in [-0.15, -0.1) is 11.3 Å². The fraction of sp³-hybridized carbons (Fsp3) is 0.154. The highest BCUT2D eigenvalue weighted by Crippen LogP contribution is 2.28. The molecule has 0 atom stereocenters. The van der Waals surface area contributed by atoms with Gasteiger partial charge in [0.15, 0.2) is 4.47 Å². The number of rotatable bonds is 5. The van der Waals surface area contributed by atoms with Crippen LogP contribution in [-0.2, 0) is 4.79 Å². The molecule has 0 saturated carbocycles. The molecule has 1 aromatic carbocycles. The molecule has 7 heteroatoms. The largest absolute Gasteiger partial charge is 0.481 e. The van der Waals surface area contributed by atoms with Crippen LogP contribution in [0.1, 0.15) is 18.4 Å². The van der Waals surface area contributed by atoms with Crippen LogP contribution in [0.4, 0.5) is 0 Å². The van der Waals surface area contributed by atoms with Gasteiger partial charge in [0.25, 0.3) is 0 Å².